The molecule has 78 valence electrons. The lowest BCUT2D eigenvalue weighted by molar-refractivity contribution is 0.895. The van der Waals surface area contributed by atoms with E-state index in [1.807, 2.05) is 11.8 Å². The van der Waals surface area contributed by atoms with Crippen molar-refractivity contribution in [3.05, 3.63) is 29.3 Å². The Morgan fingerprint density at radius 1 is 1.36 bits per heavy atom. The minimum atomic E-state index is 0.648. The van der Waals surface area contributed by atoms with Crippen molar-refractivity contribution in [3.8, 4) is 0 Å². The van der Waals surface area contributed by atoms with Gasteiger partial charge in [0.05, 0.1) is 0 Å². The van der Waals surface area contributed by atoms with Gasteiger partial charge in [0.25, 0.3) is 0 Å². The highest BCUT2D eigenvalue weighted by molar-refractivity contribution is 7.99. The van der Waals surface area contributed by atoms with E-state index in [1.165, 1.54) is 34.6 Å². The van der Waals surface area contributed by atoms with Crippen LogP contribution in [-0.2, 0) is 6.54 Å². The van der Waals surface area contributed by atoms with Crippen LogP contribution >= 0.6 is 11.8 Å². The molecule has 0 spiro atoms. The number of benzene rings is 1. The largest absolute Gasteiger partial charge is 0.326 e. The van der Waals surface area contributed by atoms with Crippen LogP contribution in [0.5, 0.6) is 0 Å². The molecule has 0 unspecified atom stereocenters. The quantitative estimate of drug-likeness (QED) is 0.594. The first-order valence-electron chi connectivity index (χ1n) is 5.20. The molecule has 2 N–H and O–H groups in total. The minimum Gasteiger partial charge on any atom is -0.326 e. The lowest BCUT2D eigenvalue weighted by atomic mass is 10.1. The SMILES string of the molecule is CCCCSc1cc(C)ccc1CN. The molecule has 0 aliphatic carbocycles. The van der Waals surface area contributed by atoms with Crippen molar-refractivity contribution in [2.75, 3.05) is 5.75 Å². The third-order valence-electron chi connectivity index (χ3n) is 2.20. The second-order valence-electron chi connectivity index (χ2n) is 3.52. The summed E-state index contributed by atoms with van der Waals surface area (Å²) in [5.41, 5.74) is 8.29. The molecule has 0 atom stereocenters. The van der Waals surface area contributed by atoms with E-state index >= 15 is 0 Å². The summed E-state index contributed by atoms with van der Waals surface area (Å²) < 4.78 is 0. The maximum atomic E-state index is 5.69. The first-order valence-corrected chi connectivity index (χ1v) is 6.19. The molecule has 0 aromatic heterocycles. The first-order chi connectivity index (χ1) is 6.77. The normalized spacial score (nSPS) is 10.5. The zero-order chi connectivity index (χ0) is 10.4. The summed E-state index contributed by atoms with van der Waals surface area (Å²) in [7, 11) is 0. The highest BCUT2D eigenvalue weighted by Gasteiger charge is 2.01. The van der Waals surface area contributed by atoms with Crippen LogP contribution in [-0.4, -0.2) is 5.75 Å². The molecule has 14 heavy (non-hydrogen) atoms. The van der Waals surface area contributed by atoms with E-state index in [1.54, 1.807) is 0 Å². The minimum absolute atomic E-state index is 0.648. The van der Waals surface area contributed by atoms with Crippen molar-refractivity contribution in [3.63, 3.8) is 0 Å². The maximum Gasteiger partial charge on any atom is 0.0189 e. The highest BCUT2D eigenvalue weighted by atomic mass is 32.2. The lowest BCUT2D eigenvalue weighted by Gasteiger charge is -2.07. The number of rotatable bonds is 5. The van der Waals surface area contributed by atoms with E-state index in [-0.39, 0.29) is 0 Å². The standard InChI is InChI=1S/C12H19NS/c1-3-4-7-14-12-8-10(2)5-6-11(12)9-13/h5-6,8H,3-4,7,9,13H2,1-2H3. The molecule has 1 aromatic rings. The first kappa shape index (κ1) is 11.6. The van der Waals surface area contributed by atoms with Gasteiger partial charge >= 0.3 is 0 Å². The molecule has 0 saturated heterocycles. The predicted molar refractivity (Wildman–Crippen MR) is 64.7 cm³/mol. The molecular weight excluding hydrogens is 190 g/mol. The topological polar surface area (TPSA) is 26.0 Å². The Morgan fingerprint density at radius 3 is 2.79 bits per heavy atom. The lowest BCUT2D eigenvalue weighted by Crippen LogP contribution is -1.98. The van der Waals surface area contributed by atoms with Crippen LogP contribution in [0, 0.1) is 6.92 Å². The molecule has 0 amide bonds. The summed E-state index contributed by atoms with van der Waals surface area (Å²) in [6, 6.07) is 6.51. The van der Waals surface area contributed by atoms with Crippen LogP contribution in [0.2, 0.25) is 0 Å². The molecule has 1 aromatic carbocycles. The van der Waals surface area contributed by atoms with Crippen molar-refractivity contribution in [1.82, 2.24) is 0 Å². The molecule has 0 fully saturated rings. The monoisotopic (exact) mass is 209 g/mol. The van der Waals surface area contributed by atoms with Crippen LogP contribution < -0.4 is 5.73 Å². The summed E-state index contributed by atoms with van der Waals surface area (Å²) in [5, 5.41) is 0. The van der Waals surface area contributed by atoms with Gasteiger partial charge in [-0.25, -0.2) is 0 Å². The molecular formula is C12H19NS. The second kappa shape index (κ2) is 6.10. The fourth-order valence-electron chi connectivity index (χ4n) is 1.29. The number of aryl methyl sites for hydroxylation is 1. The van der Waals surface area contributed by atoms with Crippen LogP contribution in [0.4, 0.5) is 0 Å². The van der Waals surface area contributed by atoms with E-state index in [0.29, 0.717) is 6.54 Å². The van der Waals surface area contributed by atoms with Gasteiger partial charge in [0.2, 0.25) is 0 Å². The highest BCUT2D eigenvalue weighted by Crippen LogP contribution is 2.24. The average Bonchev–Trinajstić information content (AvgIpc) is 2.19. The van der Waals surface area contributed by atoms with Crippen LogP contribution in [0.3, 0.4) is 0 Å². The van der Waals surface area contributed by atoms with Crippen LogP contribution in [0.25, 0.3) is 0 Å². The number of nitrogens with two attached hydrogens (primary N) is 1. The average molecular weight is 209 g/mol. The van der Waals surface area contributed by atoms with Crippen LogP contribution in [0.1, 0.15) is 30.9 Å². The molecule has 1 nitrogen and oxygen atoms in total. The molecule has 0 heterocycles. The zero-order valence-corrected chi connectivity index (χ0v) is 9.86. The van der Waals surface area contributed by atoms with Gasteiger partial charge in [0.15, 0.2) is 0 Å². The van der Waals surface area contributed by atoms with Crippen molar-refractivity contribution in [1.29, 1.82) is 0 Å². The fourth-order valence-corrected chi connectivity index (χ4v) is 2.55. The summed E-state index contributed by atoms with van der Waals surface area (Å²) >= 11 is 1.93. The fraction of sp³-hybridized carbons (Fsp3) is 0.500. The second-order valence-corrected chi connectivity index (χ2v) is 4.65. The Kier molecular flexibility index (Phi) is 5.05. The van der Waals surface area contributed by atoms with Crippen molar-refractivity contribution in [2.45, 2.75) is 38.1 Å². The molecule has 0 radical (unpaired) electrons. The Balaban J connectivity index is 2.67. The molecule has 0 saturated carbocycles. The van der Waals surface area contributed by atoms with Gasteiger partial charge in [-0.05, 0) is 36.3 Å². The number of hydrogen-bond acceptors (Lipinski definition) is 2. The van der Waals surface area contributed by atoms with Crippen molar-refractivity contribution < 1.29 is 0 Å². The maximum absolute atomic E-state index is 5.69. The van der Waals surface area contributed by atoms with Gasteiger partial charge in [-0.15, -0.1) is 11.8 Å². The summed E-state index contributed by atoms with van der Waals surface area (Å²) in [6.45, 7) is 5.00. The number of hydrogen-bond donors (Lipinski definition) is 1. The summed E-state index contributed by atoms with van der Waals surface area (Å²) in [5.74, 6) is 1.20. The van der Waals surface area contributed by atoms with Gasteiger partial charge in [-0.1, -0.05) is 25.5 Å². The Morgan fingerprint density at radius 2 is 2.14 bits per heavy atom. The third-order valence-corrected chi connectivity index (χ3v) is 3.38. The van der Waals surface area contributed by atoms with Gasteiger partial charge in [0.1, 0.15) is 0 Å². The third kappa shape index (κ3) is 3.35. The summed E-state index contributed by atoms with van der Waals surface area (Å²) in [6.07, 6.45) is 2.54. The van der Waals surface area contributed by atoms with E-state index in [0.717, 1.165) is 0 Å². The van der Waals surface area contributed by atoms with Gasteiger partial charge < -0.3 is 5.73 Å². The molecule has 0 aliphatic heterocycles. The molecule has 2 heteroatoms. The number of unbranched alkanes of at least 4 members (excludes halogenated alkanes) is 1. The molecule has 0 bridgehead atoms. The summed E-state index contributed by atoms with van der Waals surface area (Å²) in [4.78, 5) is 1.36. The van der Waals surface area contributed by atoms with Gasteiger partial charge in [-0.3, -0.25) is 0 Å². The van der Waals surface area contributed by atoms with Gasteiger partial charge in [0, 0.05) is 11.4 Å². The zero-order valence-electron chi connectivity index (χ0n) is 9.05. The van der Waals surface area contributed by atoms with Crippen LogP contribution in [0.15, 0.2) is 23.1 Å². The smallest absolute Gasteiger partial charge is 0.0189 e. The molecule has 1 rings (SSSR count). The van der Waals surface area contributed by atoms with E-state index < -0.39 is 0 Å². The van der Waals surface area contributed by atoms with E-state index in [9.17, 15) is 0 Å². The molecule has 0 aliphatic rings. The van der Waals surface area contributed by atoms with E-state index in [2.05, 4.69) is 32.0 Å². The predicted octanol–water partition coefficient (Wildman–Crippen LogP) is 3.35. The van der Waals surface area contributed by atoms with E-state index in [4.69, 9.17) is 5.73 Å². The van der Waals surface area contributed by atoms with Crippen molar-refractivity contribution >= 4 is 11.8 Å². The Labute approximate surface area is 91.1 Å². The van der Waals surface area contributed by atoms with Crippen molar-refractivity contribution in [2.24, 2.45) is 5.73 Å². The number of thioether (sulfide) groups is 1. The Hall–Kier alpha value is -0.470. The van der Waals surface area contributed by atoms with Gasteiger partial charge in [-0.2, -0.15) is 0 Å². The Bertz CT molecular complexity index is 284.